The third kappa shape index (κ3) is 1.95. The second-order valence-corrected chi connectivity index (χ2v) is 8.70. The van der Waals surface area contributed by atoms with Gasteiger partial charge in [-0.05, 0) is 64.2 Å². The molecule has 1 saturated carbocycles. The smallest absolute Gasteiger partial charge is 0.0125 e. The molecule has 19 heavy (non-hydrogen) atoms. The quantitative estimate of drug-likeness (QED) is 0.588. The van der Waals surface area contributed by atoms with E-state index < -0.39 is 0 Å². The van der Waals surface area contributed by atoms with Crippen LogP contribution in [0.4, 0.5) is 0 Å². The molecule has 2 aliphatic carbocycles. The maximum absolute atomic E-state index is 2.43. The summed E-state index contributed by atoms with van der Waals surface area (Å²) >= 11 is 0. The zero-order valence-electron chi connectivity index (χ0n) is 13.4. The number of rotatable bonds is 0. The van der Waals surface area contributed by atoms with Crippen LogP contribution in [0.3, 0.4) is 0 Å². The van der Waals surface area contributed by atoms with E-state index in [9.17, 15) is 0 Å². The Labute approximate surface area is 118 Å². The summed E-state index contributed by atoms with van der Waals surface area (Å²) in [5, 5.41) is 0. The number of hydrogen-bond donors (Lipinski definition) is 0. The minimum atomic E-state index is 0.282. The number of hydrogen-bond acceptors (Lipinski definition) is 0. The van der Waals surface area contributed by atoms with Crippen molar-refractivity contribution in [3.63, 3.8) is 0 Å². The van der Waals surface area contributed by atoms with Gasteiger partial charge in [0.05, 0.1) is 0 Å². The molecule has 0 aromatic heterocycles. The Kier molecular flexibility index (Phi) is 2.69. The van der Waals surface area contributed by atoms with Crippen molar-refractivity contribution in [2.75, 3.05) is 0 Å². The van der Waals surface area contributed by atoms with Crippen LogP contribution in [0.1, 0.15) is 82.6 Å². The summed E-state index contributed by atoms with van der Waals surface area (Å²) in [6.07, 6.45) is 4.22. The van der Waals surface area contributed by atoms with Crippen molar-refractivity contribution < 1.29 is 0 Å². The Hall–Kier alpha value is -0.780. The molecule has 3 rings (SSSR count). The van der Waals surface area contributed by atoms with Gasteiger partial charge in [0, 0.05) is 0 Å². The summed E-state index contributed by atoms with van der Waals surface area (Å²) in [4.78, 5) is 0. The maximum atomic E-state index is 2.43. The van der Waals surface area contributed by atoms with Gasteiger partial charge in [-0.1, -0.05) is 53.7 Å². The summed E-state index contributed by atoms with van der Waals surface area (Å²) in [6, 6.07) is 4.85. The highest BCUT2D eigenvalue weighted by Gasteiger charge is 2.43. The van der Waals surface area contributed by atoms with Crippen molar-refractivity contribution in [2.24, 2.45) is 5.92 Å². The van der Waals surface area contributed by atoms with Crippen molar-refractivity contribution in [3.8, 4) is 0 Å². The number of fused-ring (bicyclic) bond motifs is 3. The van der Waals surface area contributed by atoms with Gasteiger partial charge >= 0.3 is 0 Å². The van der Waals surface area contributed by atoms with Crippen molar-refractivity contribution in [3.05, 3.63) is 34.4 Å². The fourth-order valence-corrected chi connectivity index (χ4v) is 4.12. The molecule has 2 aliphatic rings. The monoisotopic (exact) mass is 256 g/mol. The lowest BCUT2D eigenvalue weighted by atomic mass is 9.70. The van der Waals surface area contributed by atoms with Crippen molar-refractivity contribution in [2.45, 2.75) is 77.6 Å². The van der Waals surface area contributed by atoms with E-state index in [0.717, 1.165) is 11.8 Å². The molecule has 0 spiro atoms. The Morgan fingerprint density at radius 2 is 1.42 bits per heavy atom. The molecule has 0 bridgehead atoms. The standard InChI is InChI=1S/C19H28/c1-18(2,3)15-9-10-16(19(4,5)6)17-13-8-7-12(13)11-14(15)17/h9-10,12-13H,7-8,11H2,1-6H3. The predicted molar refractivity (Wildman–Crippen MR) is 83.0 cm³/mol. The molecular formula is C19H28. The van der Waals surface area contributed by atoms with Crippen LogP contribution in [0.15, 0.2) is 12.1 Å². The minimum Gasteiger partial charge on any atom is -0.0579 e. The first kappa shape index (κ1) is 13.2. The third-order valence-corrected chi connectivity index (χ3v) is 5.23. The van der Waals surface area contributed by atoms with E-state index in [4.69, 9.17) is 0 Å². The Bertz CT molecular complexity index is 508. The van der Waals surface area contributed by atoms with Gasteiger partial charge in [0.15, 0.2) is 0 Å². The lowest BCUT2D eigenvalue weighted by Gasteiger charge is -2.34. The summed E-state index contributed by atoms with van der Waals surface area (Å²) in [5.41, 5.74) is 7.24. The SMILES string of the molecule is CC(C)(C)c1ccc(C(C)(C)C)c2c1CC1CCC21. The van der Waals surface area contributed by atoms with E-state index in [2.05, 4.69) is 53.7 Å². The Morgan fingerprint density at radius 1 is 0.842 bits per heavy atom. The molecule has 2 atom stereocenters. The topological polar surface area (TPSA) is 0 Å². The molecule has 104 valence electrons. The predicted octanol–water partition coefficient (Wildman–Crippen LogP) is 5.33. The van der Waals surface area contributed by atoms with Gasteiger partial charge in [-0.25, -0.2) is 0 Å². The highest BCUT2D eigenvalue weighted by molar-refractivity contribution is 5.52. The molecular weight excluding hydrogens is 228 g/mol. The molecule has 0 N–H and O–H groups in total. The van der Waals surface area contributed by atoms with Crippen molar-refractivity contribution >= 4 is 0 Å². The highest BCUT2D eigenvalue weighted by atomic mass is 14.5. The number of benzene rings is 1. The van der Waals surface area contributed by atoms with Crippen LogP contribution in [0.25, 0.3) is 0 Å². The molecule has 2 unspecified atom stereocenters. The van der Waals surface area contributed by atoms with Gasteiger partial charge in [-0.3, -0.25) is 0 Å². The average molecular weight is 256 g/mol. The average Bonchev–Trinajstić information content (AvgIpc) is 2.46. The van der Waals surface area contributed by atoms with Gasteiger partial charge in [-0.2, -0.15) is 0 Å². The minimum absolute atomic E-state index is 0.282. The van der Waals surface area contributed by atoms with E-state index in [1.54, 1.807) is 22.3 Å². The van der Waals surface area contributed by atoms with Gasteiger partial charge in [0.25, 0.3) is 0 Å². The first-order chi connectivity index (χ1) is 8.69. The zero-order chi connectivity index (χ0) is 14.0. The fourth-order valence-electron chi connectivity index (χ4n) is 4.12. The lowest BCUT2D eigenvalue weighted by Crippen LogP contribution is -2.23. The van der Waals surface area contributed by atoms with Crippen LogP contribution >= 0.6 is 0 Å². The molecule has 1 aromatic rings. The third-order valence-electron chi connectivity index (χ3n) is 5.23. The van der Waals surface area contributed by atoms with Crippen LogP contribution in [0.2, 0.25) is 0 Å². The molecule has 1 aromatic carbocycles. The lowest BCUT2D eigenvalue weighted by molar-refractivity contribution is 0.278. The van der Waals surface area contributed by atoms with E-state index in [-0.39, 0.29) is 10.8 Å². The largest absolute Gasteiger partial charge is 0.0579 e. The molecule has 0 heterocycles. The van der Waals surface area contributed by atoms with Crippen LogP contribution < -0.4 is 0 Å². The summed E-state index contributed by atoms with van der Waals surface area (Å²) < 4.78 is 0. The highest BCUT2D eigenvalue weighted by Crippen LogP contribution is 2.55. The molecule has 0 nitrogen and oxygen atoms in total. The van der Waals surface area contributed by atoms with Gasteiger partial charge < -0.3 is 0 Å². The maximum Gasteiger partial charge on any atom is -0.0125 e. The van der Waals surface area contributed by atoms with E-state index in [1.165, 1.54) is 19.3 Å². The van der Waals surface area contributed by atoms with Gasteiger partial charge in [0.2, 0.25) is 0 Å². The zero-order valence-corrected chi connectivity index (χ0v) is 13.4. The second kappa shape index (κ2) is 3.87. The molecule has 1 fully saturated rings. The van der Waals surface area contributed by atoms with E-state index in [1.807, 2.05) is 0 Å². The van der Waals surface area contributed by atoms with Crippen LogP contribution in [0, 0.1) is 5.92 Å². The Morgan fingerprint density at radius 3 is 1.89 bits per heavy atom. The first-order valence-corrected chi connectivity index (χ1v) is 7.86. The summed E-state index contributed by atoms with van der Waals surface area (Å²) in [7, 11) is 0. The van der Waals surface area contributed by atoms with Crippen LogP contribution in [-0.4, -0.2) is 0 Å². The van der Waals surface area contributed by atoms with E-state index >= 15 is 0 Å². The summed E-state index contributed by atoms with van der Waals surface area (Å²) in [5.74, 6) is 1.84. The second-order valence-electron chi connectivity index (χ2n) is 8.70. The normalized spacial score (nSPS) is 25.8. The summed E-state index contributed by atoms with van der Waals surface area (Å²) in [6.45, 7) is 14.2. The first-order valence-electron chi connectivity index (χ1n) is 7.86. The molecule has 0 radical (unpaired) electrons. The molecule has 0 heteroatoms. The van der Waals surface area contributed by atoms with E-state index in [0.29, 0.717) is 0 Å². The van der Waals surface area contributed by atoms with Crippen LogP contribution in [-0.2, 0) is 17.3 Å². The molecule has 0 saturated heterocycles. The Balaban J connectivity index is 2.21. The molecule has 0 aliphatic heterocycles. The fraction of sp³-hybridized carbons (Fsp3) is 0.684. The van der Waals surface area contributed by atoms with Crippen molar-refractivity contribution in [1.29, 1.82) is 0 Å². The van der Waals surface area contributed by atoms with Crippen molar-refractivity contribution in [1.82, 2.24) is 0 Å². The van der Waals surface area contributed by atoms with Crippen LogP contribution in [0.5, 0.6) is 0 Å². The van der Waals surface area contributed by atoms with Gasteiger partial charge in [0.1, 0.15) is 0 Å². The molecule has 0 amide bonds. The van der Waals surface area contributed by atoms with Gasteiger partial charge in [-0.15, -0.1) is 0 Å².